The quantitative estimate of drug-likeness (QED) is 0.382. The van der Waals surface area contributed by atoms with E-state index in [1.54, 1.807) is 0 Å². The molecule has 3 aliphatic carbocycles. The number of hydrogen-bond acceptors (Lipinski definition) is 0. The Morgan fingerprint density at radius 3 is 2.78 bits per heavy atom. The molecule has 3 unspecified atom stereocenters. The SMILES string of the molecule is [3H][Si]([3H])([3H])C1CC2C=CC1CC2. The highest BCUT2D eigenvalue weighted by Gasteiger charge is 2.28. The molecule has 0 spiro atoms. The van der Waals surface area contributed by atoms with Gasteiger partial charge in [0.1, 0.15) is 0 Å². The van der Waals surface area contributed by atoms with Crippen molar-refractivity contribution in [2.45, 2.75) is 24.8 Å². The van der Waals surface area contributed by atoms with Crippen LogP contribution in [0.15, 0.2) is 12.2 Å². The van der Waals surface area contributed by atoms with Gasteiger partial charge in [-0.2, -0.15) is 0 Å². The Labute approximate surface area is 63.4 Å². The molecule has 1 saturated carbocycles. The third-order valence-corrected chi connectivity index (χ3v) is 3.24. The van der Waals surface area contributed by atoms with Crippen LogP contribution < -0.4 is 0 Å². The van der Waals surface area contributed by atoms with Crippen LogP contribution in [0.3, 0.4) is 0 Å². The molecule has 3 rings (SSSR count). The third-order valence-electron chi connectivity index (χ3n) is 2.57. The van der Waals surface area contributed by atoms with E-state index in [0.29, 0.717) is 11.8 Å². The van der Waals surface area contributed by atoms with Gasteiger partial charge in [-0.3, -0.25) is 0 Å². The average Bonchev–Trinajstić information content (AvgIpc) is 2.05. The van der Waals surface area contributed by atoms with Crippen LogP contribution in [-0.2, 0) is 0 Å². The van der Waals surface area contributed by atoms with Crippen molar-refractivity contribution in [1.82, 2.24) is 0 Å². The highest BCUT2D eigenvalue weighted by atomic mass is 28.1. The Morgan fingerprint density at radius 2 is 2.44 bits per heavy atom. The van der Waals surface area contributed by atoms with Crippen molar-refractivity contribution >= 4 is 10.0 Å². The first kappa shape index (κ1) is 3.38. The summed E-state index contributed by atoms with van der Waals surface area (Å²) in [5.41, 5.74) is 0.0845. The summed E-state index contributed by atoms with van der Waals surface area (Å²) in [5.74, 6) is 0.988. The summed E-state index contributed by atoms with van der Waals surface area (Å²) < 4.78 is 22.6. The average molecular weight is 144 g/mol. The molecule has 0 saturated heterocycles. The molecule has 0 aromatic carbocycles. The van der Waals surface area contributed by atoms with Crippen LogP contribution in [0.25, 0.3) is 0 Å². The maximum absolute atomic E-state index is 7.52. The minimum Gasteiger partial charge on any atom is -0.0852 e. The zero-order chi connectivity index (χ0) is 8.77. The van der Waals surface area contributed by atoms with Crippen molar-refractivity contribution in [2.24, 2.45) is 11.8 Å². The van der Waals surface area contributed by atoms with Crippen LogP contribution in [0.5, 0.6) is 0 Å². The summed E-state index contributed by atoms with van der Waals surface area (Å²) in [7, 11) is -3.11. The van der Waals surface area contributed by atoms with Crippen LogP contribution in [0, 0.1) is 11.8 Å². The van der Waals surface area contributed by atoms with E-state index in [4.69, 9.17) is 3.70 Å². The molecule has 2 bridgehead atoms. The maximum atomic E-state index is 7.52. The number of rotatable bonds is 1. The highest BCUT2D eigenvalue weighted by Crippen LogP contribution is 2.41. The normalized spacial score (nSPS) is 54.2. The minimum absolute atomic E-state index is 0.0845. The van der Waals surface area contributed by atoms with E-state index in [0.717, 1.165) is 12.8 Å². The molecule has 1 fully saturated rings. The molecule has 0 amide bonds. The molecule has 0 aliphatic heterocycles. The van der Waals surface area contributed by atoms with Gasteiger partial charge < -0.3 is 0 Å². The molecule has 0 aromatic rings. The number of allylic oxidation sites excluding steroid dienone is 2. The third kappa shape index (κ3) is 0.876. The van der Waals surface area contributed by atoms with Gasteiger partial charge in [0.25, 0.3) is 0 Å². The Balaban J connectivity index is 2.16. The minimum atomic E-state index is -3.11. The summed E-state index contributed by atoms with van der Waals surface area (Å²) in [5, 5.41) is 0. The lowest BCUT2D eigenvalue weighted by Gasteiger charge is -2.35. The van der Waals surface area contributed by atoms with E-state index in [1.807, 2.05) is 0 Å². The molecule has 0 nitrogen and oxygen atoms in total. The molecule has 0 N–H and O–H groups in total. The van der Waals surface area contributed by atoms with E-state index in [-0.39, 0.29) is 5.54 Å². The Morgan fingerprint density at radius 1 is 1.44 bits per heavy atom. The smallest absolute Gasteiger partial charge is 0.00759 e. The second-order valence-corrected chi connectivity index (χ2v) is 3.97. The molecule has 9 heavy (non-hydrogen) atoms. The Bertz CT molecular complexity index is 209. The van der Waals surface area contributed by atoms with Crippen LogP contribution in [0.1, 0.15) is 19.3 Å². The van der Waals surface area contributed by atoms with Crippen LogP contribution >= 0.6 is 0 Å². The molecule has 3 aliphatic rings. The molecule has 1 heteroatoms. The van der Waals surface area contributed by atoms with Crippen molar-refractivity contribution in [2.75, 3.05) is 0 Å². The van der Waals surface area contributed by atoms with Gasteiger partial charge in [-0.05, 0) is 36.6 Å². The first-order valence-electron chi connectivity index (χ1n) is 5.26. The van der Waals surface area contributed by atoms with Gasteiger partial charge in [-0.25, -0.2) is 0 Å². The maximum Gasteiger partial charge on any atom is 0.00759 e. The van der Waals surface area contributed by atoms with Gasteiger partial charge in [0, 0.05) is 13.7 Å². The van der Waals surface area contributed by atoms with Crippen LogP contribution in [-0.4, -0.2) is 13.7 Å². The van der Waals surface area contributed by atoms with Gasteiger partial charge in [-0.15, -0.1) is 0 Å². The van der Waals surface area contributed by atoms with Crippen molar-refractivity contribution in [1.29, 1.82) is 3.70 Å². The summed E-state index contributed by atoms with van der Waals surface area (Å²) in [4.78, 5) is 0. The summed E-state index contributed by atoms with van der Waals surface area (Å²) in [6.45, 7) is 0. The Kier molecular flexibility index (Phi) is 0.742. The number of hydrogen-bond donors (Lipinski definition) is 0. The molecule has 50 valence electrons. The molecule has 3 atom stereocenters. The van der Waals surface area contributed by atoms with Gasteiger partial charge in [-0.1, -0.05) is 12.2 Å². The lowest BCUT2D eigenvalue weighted by Crippen LogP contribution is -2.22. The molecule has 0 radical (unpaired) electrons. The van der Waals surface area contributed by atoms with Crippen LogP contribution in [0.4, 0.5) is 0 Å². The predicted molar refractivity (Wildman–Crippen MR) is 43.7 cm³/mol. The zero-order valence-electron chi connectivity index (χ0n) is 8.51. The topological polar surface area (TPSA) is 0 Å². The molecule has 0 heterocycles. The van der Waals surface area contributed by atoms with Gasteiger partial charge in [0.05, 0.1) is 0 Å². The van der Waals surface area contributed by atoms with Crippen molar-refractivity contribution < 1.29 is 0 Å². The highest BCUT2D eigenvalue weighted by molar-refractivity contribution is 6.12. The fourth-order valence-corrected chi connectivity index (χ4v) is 2.51. The van der Waals surface area contributed by atoms with E-state index < -0.39 is 10.0 Å². The molecular formula is C8H14Si. The fraction of sp³-hybridized carbons (Fsp3) is 0.750. The van der Waals surface area contributed by atoms with E-state index in [2.05, 4.69) is 12.2 Å². The predicted octanol–water partition coefficient (Wildman–Crippen LogP) is 1.13. The number of fused-ring (bicyclic) bond motifs is 2. The van der Waals surface area contributed by atoms with Crippen molar-refractivity contribution in [3.63, 3.8) is 0 Å². The summed E-state index contributed by atoms with van der Waals surface area (Å²) >= 11 is 0. The lowest BCUT2D eigenvalue weighted by atomic mass is 9.76. The molecular weight excluding hydrogens is 124 g/mol. The first-order chi connectivity index (χ1) is 5.57. The van der Waals surface area contributed by atoms with Crippen molar-refractivity contribution in [3.8, 4) is 0 Å². The van der Waals surface area contributed by atoms with E-state index in [1.165, 1.54) is 6.42 Å². The van der Waals surface area contributed by atoms with E-state index >= 15 is 0 Å². The van der Waals surface area contributed by atoms with Gasteiger partial charge in [0.2, 0.25) is 0 Å². The summed E-state index contributed by atoms with van der Waals surface area (Å²) in [6, 6.07) is 0. The van der Waals surface area contributed by atoms with Crippen molar-refractivity contribution in [3.05, 3.63) is 12.2 Å². The molecule has 0 aromatic heterocycles. The Hall–Kier alpha value is -0.0431. The van der Waals surface area contributed by atoms with E-state index in [9.17, 15) is 0 Å². The standard InChI is InChI=1S/C8H14Si/c9-8-5-6-1-3-7(8)4-2-6/h1,3,6-8H,2,4-5H2,9H3/i9T3. The second kappa shape index (κ2) is 1.98. The fourth-order valence-electron chi connectivity index (χ4n) is 1.93. The summed E-state index contributed by atoms with van der Waals surface area (Å²) in [6.07, 6.45) is 7.68. The second-order valence-electron chi connectivity index (χ2n) is 3.23. The zero-order valence-corrected chi connectivity index (χ0v) is 6.51. The van der Waals surface area contributed by atoms with Crippen LogP contribution in [0.2, 0.25) is 5.54 Å². The first-order valence-corrected chi connectivity index (χ1v) is 4.33. The monoisotopic (exact) mass is 144 g/mol. The van der Waals surface area contributed by atoms with Gasteiger partial charge >= 0.3 is 0 Å². The lowest BCUT2D eigenvalue weighted by molar-refractivity contribution is 0.330. The largest absolute Gasteiger partial charge is 0.0852 e. The van der Waals surface area contributed by atoms with Gasteiger partial charge in [0.15, 0.2) is 0 Å².